The Labute approximate surface area is 135 Å². The molecule has 1 saturated heterocycles. The lowest BCUT2D eigenvalue weighted by Gasteiger charge is -2.36. The van der Waals surface area contributed by atoms with E-state index in [0.29, 0.717) is 38.0 Å². The van der Waals surface area contributed by atoms with E-state index in [1.165, 1.54) is 12.1 Å². The van der Waals surface area contributed by atoms with E-state index in [4.69, 9.17) is 4.74 Å². The highest BCUT2D eigenvalue weighted by Gasteiger charge is 2.42. The average Bonchev–Trinajstić information content (AvgIpc) is 2.59. The van der Waals surface area contributed by atoms with Gasteiger partial charge in [0.1, 0.15) is 5.82 Å². The van der Waals surface area contributed by atoms with Crippen molar-refractivity contribution in [2.75, 3.05) is 13.2 Å². The van der Waals surface area contributed by atoms with Crippen molar-refractivity contribution in [1.29, 1.82) is 0 Å². The summed E-state index contributed by atoms with van der Waals surface area (Å²) in [6.45, 7) is 4.53. The van der Waals surface area contributed by atoms with Crippen LogP contribution in [0.15, 0.2) is 24.3 Å². The minimum atomic E-state index is -0.886. The Bertz CT molecular complexity index is 571. The lowest BCUT2D eigenvalue weighted by molar-refractivity contribution is -0.136. The lowest BCUT2D eigenvalue weighted by atomic mass is 9.73. The second-order valence-electron chi connectivity index (χ2n) is 5.96. The van der Waals surface area contributed by atoms with Gasteiger partial charge in [0.2, 0.25) is 11.8 Å². The van der Waals surface area contributed by atoms with Crippen LogP contribution in [0.3, 0.4) is 0 Å². The number of ether oxygens (including phenoxy) is 1. The van der Waals surface area contributed by atoms with Gasteiger partial charge in [-0.2, -0.15) is 0 Å². The number of benzene rings is 1. The van der Waals surface area contributed by atoms with Gasteiger partial charge >= 0.3 is 0 Å². The average molecular weight is 322 g/mol. The molecule has 0 bridgehead atoms. The first-order valence-electron chi connectivity index (χ1n) is 7.93. The van der Waals surface area contributed by atoms with Crippen molar-refractivity contribution in [1.82, 2.24) is 10.9 Å². The van der Waals surface area contributed by atoms with E-state index in [0.717, 1.165) is 0 Å². The smallest absolute Gasteiger partial charge is 0.249 e. The van der Waals surface area contributed by atoms with Crippen LogP contribution in [0.25, 0.3) is 0 Å². The van der Waals surface area contributed by atoms with Crippen molar-refractivity contribution in [3.8, 4) is 0 Å². The topological polar surface area (TPSA) is 67.4 Å². The fourth-order valence-electron chi connectivity index (χ4n) is 2.70. The standard InChI is InChI=1S/C17H23FN2O3/c1-3-12(2)15(21)19-20-16(22)17(7-9-23-10-8-17)13-5-4-6-14(18)11-13/h4-6,11-12H,3,7-10H2,1-2H3,(H,19,21)(H,20,22)/t12-/m1/s1. The lowest BCUT2D eigenvalue weighted by Crippen LogP contribution is -2.54. The molecule has 2 N–H and O–H groups in total. The Hall–Kier alpha value is -1.95. The number of hydrazine groups is 1. The van der Waals surface area contributed by atoms with Crippen LogP contribution < -0.4 is 10.9 Å². The number of hydrogen-bond acceptors (Lipinski definition) is 3. The van der Waals surface area contributed by atoms with Gasteiger partial charge in [0.15, 0.2) is 0 Å². The van der Waals surface area contributed by atoms with Gasteiger partial charge in [-0.3, -0.25) is 20.4 Å². The second-order valence-corrected chi connectivity index (χ2v) is 5.96. The molecule has 126 valence electrons. The molecule has 1 atom stereocenters. The van der Waals surface area contributed by atoms with Gasteiger partial charge in [0.25, 0.3) is 0 Å². The molecule has 1 aromatic carbocycles. The van der Waals surface area contributed by atoms with Crippen LogP contribution in [0.5, 0.6) is 0 Å². The summed E-state index contributed by atoms with van der Waals surface area (Å²) in [4.78, 5) is 24.6. The zero-order chi connectivity index (χ0) is 16.9. The quantitative estimate of drug-likeness (QED) is 0.834. The number of amides is 2. The van der Waals surface area contributed by atoms with Gasteiger partial charge in [-0.1, -0.05) is 26.0 Å². The second kappa shape index (κ2) is 7.55. The first-order valence-corrected chi connectivity index (χ1v) is 7.93. The van der Waals surface area contributed by atoms with Crippen LogP contribution in [-0.2, 0) is 19.7 Å². The fourth-order valence-corrected chi connectivity index (χ4v) is 2.70. The third kappa shape index (κ3) is 3.88. The summed E-state index contributed by atoms with van der Waals surface area (Å²) in [6, 6.07) is 6.05. The maximum atomic E-state index is 13.6. The summed E-state index contributed by atoms with van der Waals surface area (Å²) in [7, 11) is 0. The highest BCUT2D eigenvalue weighted by atomic mass is 19.1. The summed E-state index contributed by atoms with van der Waals surface area (Å²) in [5.41, 5.74) is 4.70. The molecule has 0 saturated carbocycles. The molecule has 1 aromatic rings. The van der Waals surface area contributed by atoms with E-state index >= 15 is 0 Å². The number of halogens is 1. The number of rotatable bonds is 4. The normalized spacial score (nSPS) is 18.0. The van der Waals surface area contributed by atoms with Crippen molar-refractivity contribution in [3.05, 3.63) is 35.6 Å². The number of carbonyl (C=O) groups is 2. The summed E-state index contributed by atoms with van der Waals surface area (Å²) >= 11 is 0. The van der Waals surface area contributed by atoms with Crippen LogP contribution in [0.4, 0.5) is 4.39 Å². The zero-order valence-electron chi connectivity index (χ0n) is 13.5. The molecule has 1 aliphatic heterocycles. The van der Waals surface area contributed by atoms with Gasteiger partial charge in [-0.25, -0.2) is 4.39 Å². The molecule has 1 aliphatic rings. The third-order valence-electron chi connectivity index (χ3n) is 4.52. The van der Waals surface area contributed by atoms with Crippen LogP contribution >= 0.6 is 0 Å². The predicted octanol–water partition coefficient (Wildman–Crippen LogP) is 2.07. The Balaban J connectivity index is 2.18. The first-order chi connectivity index (χ1) is 11.0. The molecule has 1 fully saturated rings. The molecule has 2 rings (SSSR count). The first kappa shape index (κ1) is 17.4. The number of nitrogens with one attached hydrogen (secondary N) is 2. The summed E-state index contributed by atoms with van der Waals surface area (Å²) in [5.74, 6) is -1.13. The van der Waals surface area contributed by atoms with Crippen LogP contribution in [-0.4, -0.2) is 25.0 Å². The van der Waals surface area contributed by atoms with Crippen molar-refractivity contribution in [2.45, 2.75) is 38.5 Å². The number of hydrogen-bond donors (Lipinski definition) is 2. The molecule has 0 spiro atoms. The third-order valence-corrected chi connectivity index (χ3v) is 4.52. The zero-order valence-corrected chi connectivity index (χ0v) is 13.5. The monoisotopic (exact) mass is 322 g/mol. The fraction of sp³-hybridized carbons (Fsp3) is 0.529. The van der Waals surface area contributed by atoms with E-state index in [9.17, 15) is 14.0 Å². The minimum Gasteiger partial charge on any atom is -0.381 e. The molecule has 1 heterocycles. The summed E-state index contributed by atoms with van der Waals surface area (Å²) in [5, 5.41) is 0. The molecular formula is C17H23FN2O3. The van der Waals surface area contributed by atoms with Crippen molar-refractivity contribution in [3.63, 3.8) is 0 Å². The van der Waals surface area contributed by atoms with Gasteiger partial charge in [-0.05, 0) is 37.0 Å². The largest absolute Gasteiger partial charge is 0.381 e. The van der Waals surface area contributed by atoms with E-state index in [2.05, 4.69) is 10.9 Å². The minimum absolute atomic E-state index is 0.185. The van der Waals surface area contributed by atoms with Crippen LogP contribution in [0, 0.1) is 11.7 Å². The van der Waals surface area contributed by atoms with Crippen molar-refractivity contribution in [2.24, 2.45) is 5.92 Å². The predicted molar refractivity (Wildman–Crippen MR) is 83.9 cm³/mol. The Morgan fingerprint density at radius 1 is 1.30 bits per heavy atom. The molecular weight excluding hydrogens is 299 g/mol. The van der Waals surface area contributed by atoms with Gasteiger partial charge in [-0.15, -0.1) is 0 Å². The molecule has 23 heavy (non-hydrogen) atoms. The van der Waals surface area contributed by atoms with Crippen LogP contribution in [0.1, 0.15) is 38.7 Å². The maximum Gasteiger partial charge on any atom is 0.249 e. The Kier molecular flexibility index (Phi) is 5.71. The highest BCUT2D eigenvalue weighted by Crippen LogP contribution is 2.35. The molecule has 0 radical (unpaired) electrons. The highest BCUT2D eigenvalue weighted by molar-refractivity contribution is 5.90. The molecule has 5 nitrogen and oxygen atoms in total. The molecule has 0 unspecified atom stereocenters. The van der Waals surface area contributed by atoms with Crippen molar-refractivity contribution >= 4 is 11.8 Å². The van der Waals surface area contributed by atoms with E-state index < -0.39 is 5.41 Å². The Morgan fingerprint density at radius 3 is 2.61 bits per heavy atom. The van der Waals surface area contributed by atoms with E-state index in [1.54, 1.807) is 19.1 Å². The molecule has 2 amide bonds. The van der Waals surface area contributed by atoms with E-state index in [1.807, 2.05) is 6.92 Å². The number of carbonyl (C=O) groups excluding carboxylic acids is 2. The molecule has 0 aliphatic carbocycles. The Morgan fingerprint density at radius 2 is 2.00 bits per heavy atom. The van der Waals surface area contributed by atoms with Gasteiger partial charge < -0.3 is 4.74 Å². The summed E-state index contributed by atoms with van der Waals surface area (Å²) < 4.78 is 18.9. The van der Waals surface area contributed by atoms with E-state index in [-0.39, 0.29) is 23.5 Å². The van der Waals surface area contributed by atoms with Gasteiger partial charge in [0.05, 0.1) is 5.41 Å². The van der Waals surface area contributed by atoms with Crippen LogP contribution in [0.2, 0.25) is 0 Å². The summed E-state index contributed by atoms with van der Waals surface area (Å²) in [6.07, 6.45) is 1.58. The van der Waals surface area contributed by atoms with Gasteiger partial charge in [0, 0.05) is 19.1 Å². The molecule has 0 aromatic heterocycles. The molecule has 6 heteroatoms. The maximum absolute atomic E-state index is 13.6. The SMILES string of the molecule is CC[C@@H](C)C(=O)NNC(=O)C1(c2cccc(F)c2)CCOCC1. The van der Waals surface area contributed by atoms with Crippen molar-refractivity contribution < 1.29 is 18.7 Å².